The predicted octanol–water partition coefficient (Wildman–Crippen LogP) is 1.13. The first-order valence-corrected chi connectivity index (χ1v) is 3.05. The summed E-state index contributed by atoms with van der Waals surface area (Å²) in [6, 6.07) is 0. The lowest BCUT2D eigenvalue weighted by Gasteiger charge is -2.04. The highest BCUT2D eigenvalue weighted by atomic mass is 35.5. The smallest absolute Gasteiger partial charge is 0.403 e. The highest BCUT2D eigenvalue weighted by Gasteiger charge is 2.02. The number of ether oxygens (including phenoxy) is 1. The minimum Gasteiger partial charge on any atom is -0.451 e. The summed E-state index contributed by atoms with van der Waals surface area (Å²) >= 11 is 4.81. The van der Waals surface area contributed by atoms with Gasteiger partial charge in [-0.1, -0.05) is 6.92 Å². The van der Waals surface area contributed by atoms with Gasteiger partial charge in [-0.15, -0.1) is 0 Å². The molecule has 0 saturated carbocycles. The van der Waals surface area contributed by atoms with Gasteiger partial charge >= 0.3 is 5.43 Å². The zero-order valence-electron chi connectivity index (χ0n) is 5.13. The molecule has 1 N–H and O–H groups in total. The van der Waals surface area contributed by atoms with Crippen LogP contribution in [0.5, 0.6) is 0 Å². The largest absolute Gasteiger partial charge is 0.451 e. The van der Waals surface area contributed by atoms with Crippen LogP contribution in [0.1, 0.15) is 13.3 Å². The fourth-order valence-corrected chi connectivity index (χ4v) is 0.343. The van der Waals surface area contributed by atoms with Crippen LogP contribution in [0.4, 0.5) is 4.79 Å². The van der Waals surface area contributed by atoms with E-state index in [4.69, 9.17) is 16.7 Å². The molecule has 0 aliphatic carbocycles. The van der Waals surface area contributed by atoms with Gasteiger partial charge in [-0.25, -0.2) is 4.79 Å². The third-order valence-electron chi connectivity index (χ3n) is 0.860. The minimum atomic E-state index is -0.873. The molecule has 0 rings (SSSR count). The topological polar surface area (TPSA) is 46.5 Å². The Bertz CT molecular complexity index is 94.2. The van der Waals surface area contributed by atoms with Crippen LogP contribution in [-0.4, -0.2) is 23.2 Å². The van der Waals surface area contributed by atoms with E-state index in [-0.39, 0.29) is 6.61 Å². The molecule has 0 heterocycles. The Balaban J connectivity index is 3.16. The molecule has 0 aromatic heterocycles. The second-order valence-electron chi connectivity index (χ2n) is 1.61. The van der Waals surface area contributed by atoms with Crippen molar-refractivity contribution in [1.82, 2.24) is 0 Å². The van der Waals surface area contributed by atoms with Gasteiger partial charge in [-0.3, -0.25) is 0 Å². The molecular weight excluding hydrogens is 144 g/mol. The van der Waals surface area contributed by atoms with Gasteiger partial charge in [-0.2, -0.15) is 0 Å². The Hall–Kier alpha value is -0.280. The number of aliphatic hydroxyl groups is 1. The van der Waals surface area contributed by atoms with Crippen molar-refractivity contribution in [2.45, 2.75) is 19.4 Å². The normalized spacial score (nSPS) is 12.8. The number of hydrogen-bond donors (Lipinski definition) is 1. The summed E-state index contributed by atoms with van der Waals surface area (Å²) in [5.74, 6) is 0. The summed E-state index contributed by atoms with van der Waals surface area (Å²) in [5, 5.41) is 8.77. The SMILES string of the molecule is CCC(O)COC(=O)Cl. The molecule has 0 saturated heterocycles. The highest BCUT2D eigenvalue weighted by molar-refractivity contribution is 6.61. The zero-order chi connectivity index (χ0) is 7.28. The third-order valence-corrected chi connectivity index (χ3v) is 0.970. The molecule has 0 spiro atoms. The van der Waals surface area contributed by atoms with E-state index in [1.807, 2.05) is 0 Å². The number of hydrogen-bond acceptors (Lipinski definition) is 3. The van der Waals surface area contributed by atoms with Gasteiger partial charge in [0.25, 0.3) is 0 Å². The average Bonchev–Trinajstić information content (AvgIpc) is 1.83. The first kappa shape index (κ1) is 8.72. The van der Waals surface area contributed by atoms with Crippen LogP contribution in [0.15, 0.2) is 0 Å². The summed E-state index contributed by atoms with van der Waals surface area (Å²) in [7, 11) is 0. The maximum absolute atomic E-state index is 9.90. The maximum atomic E-state index is 9.90. The number of carbonyl (C=O) groups excluding carboxylic acids is 1. The van der Waals surface area contributed by atoms with Crippen molar-refractivity contribution >= 4 is 17.0 Å². The van der Waals surface area contributed by atoms with E-state index in [1.165, 1.54) is 0 Å². The van der Waals surface area contributed by atoms with Crippen molar-refractivity contribution in [2.24, 2.45) is 0 Å². The highest BCUT2D eigenvalue weighted by Crippen LogP contribution is 1.93. The monoisotopic (exact) mass is 152 g/mol. The molecule has 0 aromatic rings. The molecule has 0 amide bonds. The average molecular weight is 153 g/mol. The van der Waals surface area contributed by atoms with Crippen molar-refractivity contribution in [3.05, 3.63) is 0 Å². The van der Waals surface area contributed by atoms with Crippen molar-refractivity contribution in [1.29, 1.82) is 0 Å². The fourth-order valence-electron chi connectivity index (χ4n) is 0.280. The third kappa shape index (κ3) is 5.59. The lowest BCUT2D eigenvalue weighted by molar-refractivity contribution is 0.0783. The van der Waals surface area contributed by atoms with Crippen LogP contribution in [-0.2, 0) is 4.74 Å². The Labute approximate surface area is 58.6 Å². The first-order valence-electron chi connectivity index (χ1n) is 2.67. The summed E-state index contributed by atoms with van der Waals surface area (Å²) < 4.78 is 4.27. The Morgan fingerprint density at radius 2 is 2.44 bits per heavy atom. The maximum Gasteiger partial charge on any atom is 0.403 e. The lowest BCUT2D eigenvalue weighted by atomic mass is 10.3. The standard InChI is InChI=1S/C5H9ClO3/c1-2-4(7)3-9-5(6)8/h4,7H,2-3H2,1H3. The summed E-state index contributed by atoms with van der Waals surface area (Å²) in [6.07, 6.45) is -0.0304. The van der Waals surface area contributed by atoms with Crippen molar-refractivity contribution < 1.29 is 14.6 Å². The number of rotatable bonds is 3. The molecule has 1 atom stereocenters. The zero-order valence-corrected chi connectivity index (χ0v) is 5.89. The van der Waals surface area contributed by atoms with Gasteiger partial charge in [-0.05, 0) is 6.42 Å². The van der Waals surface area contributed by atoms with Crippen LogP contribution in [0.2, 0.25) is 0 Å². The van der Waals surface area contributed by atoms with Gasteiger partial charge in [0.05, 0.1) is 6.10 Å². The molecule has 1 unspecified atom stereocenters. The Morgan fingerprint density at radius 1 is 1.89 bits per heavy atom. The molecule has 3 nitrogen and oxygen atoms in total. The Kier molecular flexibility index (Phi) is 4.44. The van der Waals surface area contributed by atoms with Crippen molar-refractivity contribution in [2.75, 3.05) is 6.61 Å². The predicted molar refractivity (Wildman–Crippen MR) is 33.5 cm³/mol. The van der Waals surface area contributed by atoms with E-state index in [0.717, 1.165) is 0 Å². The molecular formula is C5H9ClO3. The van der Waals surface area contributed by atoms with Crippen LogP contribution < -0.4 is 0 Å². The Morgan fingerprint density at radius 3 is 2.78 bits per heavy atom. The number of aliphatic hydroxyl groups excluding tert-OH is 1. The summed E-state index contributed by atoms with van der Waals surface area (Å²) in [5.41, 5.74) is -0.873. The molecule has 0 aliphatic rings. The van der Waals surface area contributed by atoms with Crippen LogP contribution >= 0.6 is 11.6 Å². The quantitative estimate of drug-likeness (QED) is 0.617. The molecule has 0 radical (unpaired) electrons. The summed E-state index contributed by atoms with van der Waals surface area (Å²) in [6.45, 7) is 1.77. The second kappa shape index (κ2) is 4.58. The molecule has 0 fully saturated rings. The molecule has 0 aliphatic heterocycles. The second-order valence-corrected chi connectivity index (χ2v) is 1.92. The number of carbonyl (C=O) groups is 1. The molecule has 4 heteroatoms. The lowest BCUT2D eigenvalue weighted by Crippen LogP contribution is -2.14. The van der Waals surface area contributed by atoms with Gasteiger partial charge < -0.3 is 9.84 Å². The van der Waals surface area contributed by atoms with Gasteiger partial charge in [0.2, 0.25) is 0 Å². The van der Waals surface area contributed by atoms with Gasteiger partial charge in [0, 0.05) is 11.6 Å². The number of halogens is 1. The van der Waals surface area contributed by atoms with E-state index in [0.29, 0.717) is 6.42 Å². The molecule has 0 aromatic carbocycles. The molecule has 0 bridgehead atoms. The minimum absolute atomic E-state index is 0.0150. The van der Waals surface area contributed by atoms with E-state index in [9.17, 15) is 4.79 Å². The summed E-state index contributed by atoms with van der Waals surface area (Å²) in [4.78, 5) is 9.90. The van der Waals surface area contributed by atoms with Gasteiger partial charge in [0.1, 0.15) is 6.61 Å². The van der Waals surface area contributed by atoms with E-state index < -0.39 is 11.5 Å². The van der Waals surface area contributed by atoms with Crippen LogP contribution in [0, 0.1) is 0 Å². The molecule has 54 valence electrons. The van der Waals surface area contributed by atoms with Crippen molar-refractivity contribution in [3.8, 4) is 0 Å². The fraction of sp³-hybridized carbons (Fsp3) is 0.800. The molecule has 9 heavy (non-hydrogen) atoms. The first-order chi connectivity index (χ1) is 4.16. The van der Waals surface area contributed by atoms with Gasteiger partial charge in [0.15, 0.2) is 0 Å². The van der Waals surface area contributed by atoms with Crippen LogP contribution in [0.25, 0.3) is 0 Å². The van der Waals surface area contributed by atoms with E-state index >= 15 is 0 Å². The van der Waals surface area contributed by atoms with E-state index in [2.05, 4.69) is 4.74 Å². The van der Waals surface area contributed by atoms with E-state index in [1.54, 1.807) is 6.92 Å². The van der Waals surface area contributed by atoms with Crippen molar-refractivity contribution in [3.63, 3.8) is 0 Å². The van der Waals surface area contributed by atoms with Crippen LogP contribution in [0.3, 0.4) is 0 Å².